The van der Waals surface area contributed by atoms with Crippen molar-refractivity contribution in [3.63, 3.8) is 0 Å². The third-order valence-electron chi connectivity index (χ3n) is 6.59. The number of para-hydroxylation sites is 1. The summed E-state index contributed by atoms with van der Waals surface area (Å²) in [6.45, 7) is 5.51. The monoisotopic (exact) mass is 553 g/mol. The average molecular weight is 554 g/mol. The molecule has 0 unspecified atom stereocenters. The van der Waals surface area contributed by atoms with Crippen LogP contribution in [0.15, 0.2) is 77.7 Å². The van der Waals surface area contributed by atoms with Gasteiger partial charge >= 0.3 is 0 Å². The first-order valence-corrected chi connectivity index (χ1v) is 14.3. The second-order valence-electron chi connectivity index (χ2n) is 9.76. The Bertz CT molecular complexity index is 1370. The Kier molecular flexibility index (Phi) is 9.11. The topological polar surface area (TPSA) is 106 Å². The van der Waals surface area contributed by atoms with Crippen LogP contribution in [-0.4, -0.2) is 65.2 Å². The highest BCUT2D eigenvalue weighted by atomic mass is 32.2. The Morgan fingerprint density at radius 1 is 1.00 bits per heavy atom. The molecule has 1 aliphatic rings. The van der Waals surface area contributed by atoms with E-state index in [2.05, 4.69) is 17.0 Å². The normalized spacial score (nSPS) is 20.7. The standard InChI is InChI=1S/C29H35N3O6S/c1-20-17-30-21(2)19-37-27-15-10-22(16-26(27)29(33)32(3)18-28(20)36-4)31-39(34,35)25-13-11-24(12-14-25)38-23-8-6-5-7-9-23/h5-16,20-21,28,30-31H,17-19H2,1-4H3/t20-,21-,28-/m0/s1. The minimum absolute atomic E-state index is 0.0390. The first-order chi connectivity index (χ1) is 18.7. The van der Waals surface area contributed by atoms with Gasteiger partial charge in [-0.25, -0.2) is 8.42 Å². The molecule has 39 heavy (non-hydrogen) atoms. The van der Waals surface area contributed by atoms with Crippen LogP contribution < -0.4 is 19.5 Å². The third-order valence-corrected chi connectivity index (χ3v) is 7.99. The van der Waals surface area contributed by atoms with Gasteiger partial charge < -0.3 is 24.4 Å². The van der Waals surface area contributed by atoms with E-state index in [9.17, 15) is 13.2 Å². The summed E-state index contributed by atoms with van der Waals surface area (Å²) in [6.07, 6.45) is -0.169. The number of nitrogens with one attached hydrogen (secondary N) is 2. The van der Waals surface area contributed by atoms with Gasteiger partial charge in [-0.3, -0.25) is 9.52 Å². The Morgan fingerprint density at radius 3 is 2.38 bits per heavy atom. The van der Waals surface area contributed by atoms with Crippen LogP contribution in [0.25, 0.3) is 0 Å². The summed E-state index contributed by atoms with van der Waals surface area (Å²) in [4.78, 5) is 15.1. The Balaban J connectivity index is 1.56. The van der Waals surface area contributed by atoms with E-state index in [0.717, 1.165) is 6.54 Å². The summed E-state index contributed by atoms with van der Waals surface area (Å²) in [5.41, 5.74) is 0.512. The minimum atomic E-state index is -3.93. The molecule has 0 saturated heterocycles. The van der Waals surface area contributed by atoms with Crippen LogP contribution in [0.4, 0.5) is 5.69 Å². The molecular formula is C29H35N3O6S. The van der Waals surface area contributed by atoms with Crippen LogP contribution in [0.1, 0.15) is 24.2 Å². The van der Waals surface area contributed by atoms with Crippen LogP contribution in [0.5, 0.6) is 17.2 Å². The van der Waals surface area contributed by atoms with Crippen LogP contribution >= 0.6 is 0 Å². The van der Waals surface area contributed by atoms with Gasteiger partial charge in [0.05, 0.1) is 16.6 Å². The number of carbonyl (C=O) groups is 1. The van der Waals surface area contributed by atoms with Crippen molar-refractivity contribution in [1.29, 1.82) is 0 Å². The van der Waals surface area contributed by atoms with E-state index in [4.69, 9.17) is 14.2 Å². The van der Waals surface area contributed by atoms with Crippen molar-refractivity contribution in [3.05, 3.63) is 78.4 Å². The first kappa shape index (κ1) is 28.4. The number of sulfonamides is 1. The molecule has 1 amide bonds. The van der Waals surface area contributed by atoms with Crippen LogP contribution in [0, 0.1) is 5.92 Å². The lowest BCUT2D eigenvalue weighted by molar-refractivity contribution is 0.0281. The van der Waals surface area contributed by atoms with Gasteiger partial charge in [-0.1, -0.05) is 25.1 Å². The number of nitrogens with zero attached hydrogens (tertiary/aromatic N) is 1. The molecule has 2 N–H and O–H groups in total. The number of rotatable bonds is 6. The van der Waals surface area contributed by atoms with Crippen molar-refractivity contribution < 1.29 is 27.4 Å². The molecule has 3 aromatic carbocycles. The second-order valence-corrected chi connectivity index (χ2v) is 11.4. The number of ether oxygens (including phenoxy) is 3. The van der Waals surface area contributed by atoms with Crippen molar-refractivity contribution in [3.8, 4) is 17.2 Å². The van der Waals surface area contributed by atoms with E-state index in [1.807, 2.05) is 37.3 Å². The zero-order valence-electron chi connectivity index (χ0n) is 22.6. The van der Waals surface area contributed by atoms with Crippen LogP contribution in [0.2, 0.25) is 0 Å². The number of likely N-dealkylation sites (N-methyl/N-ethyl adjacent to an activating group) is 1. The maximum absolute atomic E-state index is 13.5. The summed E-state index contributed by atoms with van der Waals surface area (Å²) in [5, 5.41) is 3.44. The predicted molar refractivity (Wildman–Crippen MR) is 150 cm³/mol. The summed E-state index contributed by atoms with van der Waals surface area (Å²) in [5.74, 6) is 1.42. The fourth-order valence-electron chi connectivity index (χ4n) is 4.25. The molecule has 1 aliphatic heterocycles. The fraction of sp³-hybridized carbons (Fsp3) is 0.345. The molecule has 0 aliphatic carbocycles. The lowest BCUT2D eigenvalue weighted by atomic mass is 10.0. The fourth-order valence-corrected chi connectivity index (χ4v) is 5.30. The predicted octanol–water partition coefficient (Wildman–Crippen LogP) is 4.37. The maximum atomic E-state index is 13.5. The van der Waals surface area contributed by atoms with E-state index in [0.29, 0.717) is 30.4 Å². The quantitative estimate of drug-likeness (QED) is 0.467. The average Bonchev–Trinajstić information content (AvgIpc) is 2.93. The molecule has 0 fully saturated rings. The van der Waals surface area contributed by atoms with Gasteiger partial charge in [-0.15, -0.1) is 0 Å². The lowest BCUT2D eigenvalue weighted by Gasteiger charge is -2.30. The van der Waals surface area contributed by atoms with Gasteiger partial charge in [-0.05, 0) is 67.4 Å². The summed E-state index contributed by atoms with van der Waals surface area (Å²) in [7, 11) is -0.596. The molecule has 1 heterocycles. The number of anilines is 1. The summed E-state index contributed by atoms with van der Waals surface area (Å²) < 4.78 is 46.3. The number of benzene rings is 3. The van der Waals surface area contributed by atoms with Crippen molar-refractivity contribution in [2.45, 2.75) is 30.9 Å². The smallest absolute Gasteiger partial charge is 0.261 e. The molecule has 10 heteroatoms. The van der Waals surface area contributed by atoms with Crippen LogP contribution in [-0.2, 0) is 14.8 Å². The molecule has 0 saturated carbocycles. The van der Waals surface area contributed by atoms with Gasteiger partial charge in [-0.2, -0.15) is 0 Å². The number of amides is 1. The molecule has 0 aromatic heterocycles. The number of hydrogen-bond donors (Lipinski definition) is 2. The van der Waals surface area contributed by atoms with Gasteiger partial charge in [0.1, 0.15) is 23.9 Å². The number of carbonyl (C=O) groups excluding carboxylic acids is 1. The van der Waals surface area contributed by atoms with Crippen LogP contribution in [0.3, 0.4) is 0 Å². The molecule has 0 bridgehead atoms. The second kappa shape index (κ2) is 12.5. The van der Waals surface area contributed by atoms with Crippen molar-refractivity contribution in [1.82, 2.24) is 10.2 Å². The zero-order valence-corrected chi connectivity index (χ0v) is 23.4. The van der Waals surface area contributed by atoms with Gasteiger partial charge in [0.2, 0.25) is 0 Å². The number of hydrogen-bond acceptors (Lipinski definition) is 7. The third kappa shape index (κ3) is 7.29. The number of fused-ring (bicyclic) bond motifs is 1. The lowest BCUT2D eigenvalue weighted by Crippen LogP contribution is -2.44. The highest BCUT2D eigenvalue weighted by molar-refractivity contribution is 7.92. The van der Waals surface area contributed by atoms with E-state index in [-0.39, 0.29) is 40.1 Å². The zero-order chi connectivity index (χ0) is 28.0. The number of methoxy groups -OCH3 is 1. The maximum Gasteiger partial charge on any atom is 0.261 e. The molecule has 9 nitrogen and oxygen atoms in total. The Labute approximate surface area is 230 Å². The Morgan fingerprint density at radius 2 is 1.69 bits per heavy atom. The Hall–Kier alpha value is -3.60. The molecule has 208 valence electrons. The minimum Gasteiger partial charge on any atom is -0.491 e. The first-order valence-electron chi connectivity index (χ1n) is 12.8. The van der Waals surface area contributed by atoms with E-state index >= 15 is 0 Å². The summed E-state index contributed by atoms with van der Waals surface area (Å²) in [6, 6.07) is 20.1. The molecule has 3 aromatic rings. The van der Waals surface area contributed by atoms with Gasteiger partial charge in [0, 0.05) is 39.0 Å². The van der Waals surface area contributed by atoms with Gasteiger partial charge in [0.15, 0.2) is 0 Å². The largest absolute Gasteiger partial charge is 0.491 e. The highest BCUT2D eigenvalue weighted by Crippen LogP contribution is 2.28. The molecular weight excluding hydrogens is 518 g/mol. The molecule has 4 rings (SSSR count). The highest BCUT2D eigenvalue weighted by Gasteiger charge is 2.26. The van der Waals surface area contributed by atoms with Gasteiger partial charge in [0.25, 0.3) is 15.9 Å². The summed E-state index contributed by atoms with van der Waals surface area (Å²) >= 11 is 0. The SMILES string of the molecule is CO[C@H]1CN(C)C(=O)c2cc(NS(=O)(=O)c3ccc(Oc4ccccc4)cc3)ccc2OC[C@H](C)NC[C@@H]1C. The van der Waals surface area contributed by atoms with Crippen molar-refractivity contribution in [2.75, 3.05) is 38.6 Å². The molecule has 3 atom stereocenters. The van der Waals surface area contributed by atoms with E-state index in [1.54, 1.807) is 43.3 Å². The van der Waals surface area contributed by atoms with E-state index < -0.39 is 10.0 Å². The van der Waals surface area contributed by atoms with Crippen molar-refractivity contribution >= 4 is 21.6 Å². The van der Waals surface area contributed by atoms with Crippen molar-refractivity contribution in [2.24, 2.45) is 5.92 Å². The van der Waals surface area contributed by atoms with E-state index in [1.165, 1.54) is 18.2 Å². The molecule has 0 spiro atoms. The molecule has 0 radical (unpaired) electrons.